The summed E-state index contributed by atoms with van der Waals surface area (Å²) < 4.78 is 5.10. The number of aryl methyl sites for hydroxylation is 1. The van der Waals surface area contributed by atoms with Crippen molar-refractivity contribution in [1.29, 1.82) is 0 Å². The van der Waals surface area contributed by atoms with Gasteiger partial charge in [-0.3, -0.25) is 4.79 Å². The largest absolute Gasteiger partial charge is 0.504 e. The van der Waals surface area contributed by atoms with Crippen molar-refractivity contribution in [3.05, 3.63) is 23.8 Å². The number of hydrogen-bond donors (Lipinski definition) is 1. The maximum atomic E-state index is 12.0. The van der Waals surface area contributed by atoms with Crippen LogP contribution in [0, 0.1) is 0 Å². The molecule has 0 atom stereocenters. The van der Waals surface area contributed by atoms with E-state index in [0.717, 1.165) is 12.0 Å². The highest BCUT2D eigenvalue weighted by Crippen LogP contribution is 2.26. The molecule has 0 aliphatic carbocycles. The molecule has 0 unspecified atom stereocenters. The fourth-order valence-corrected chi connectivity index (χ4v) is 3.10. The van der Waals surface area contributed by atoms with E-state index in [1.54, 1.807) is 6.07 Å². The summed E-state index contributed by atoms with van der Waals surface area (Å²) in [5.41, 5.74) is 1.03. The van der Waals surface area contributed by atoms with Gasteiger partial charge in [0.15, 0.2) is 11.5 Å². The van der Waals surface area contributed by atoms with Gasteiger partial charge in [-0.25, -0.2) is 0 Å². The van der Waals surface area contributed by atoms with Crippen LogP contribution < -0.4 is 4.74 Å². The molecule has 1 rings (SSSR count). The minimum absolute atomic E-state index is 0.142. The molecule has 1 aromatic carbocycles. The van der Waals surface area contributed by atoms with Crippen LogP contribution in [0.15, 0.2) is 18.2 Å². The number of rotatable bonds is 15. The van der Waals surface area contributed by atoms with Gasteiger partial charge in [0.2, 0.25) is 0 Å². The number of aromatic hydroxyl groups is 1. The fraction of sp³-hybridized carbons (Fsp3) is 0.682. The van der Waals surface area contributed by atoms with Gasteiger partial charge in [0.25, 0.3) is 0 Å². The van der Waals surface area contributed by atoms with Crippen LogP contribution in [0.25, 0.3) is 0 Å². The summed E-state index contributed by atoms with van der Waals surface area (Å²) in [4.78, 5) is 12.0. The van der Waals surface area contributed by atoms with Gasteiger partial charge in [-0.2, -0.15) is 0 Å². The number of Topliss-reactive ketones (excluding diaryl/α,β-unsaturated/α-hetero) is 1. The molecule has 0 saturated heterocycles. The van der Waals surface area contributed by atoms with E-state index in [1.165, 1.54) is 64.9 Å². The van der Waals surface area contributed by atoms with E-state index in [4.69, 9.17) is 4.74 Å². The van der Waals surface area contributed by atoms with Gasteiger partial charge in [0.05, 0.1) is 7.11 Å². The molecule has 3 nitrogen and oxygen atoms in total. The summed E-state index contributed by atoms with van der Waals surface area (Å²) in [5, 5.41) is 9.58. The molecule has 1 N–H and O–H groups in total. The molecule has 0 aromatic heterocycles. The molecule has 0 heterocycles. The van der Waals surface area contributed by atoms with E-state index in [1.807, 2.05) is 12.1 Å². The Labute approximate surface area is 153 Å². The molecular weight excluding hydrogens is 312 g/mol. The minimum Gasteiger partial charge on any atom is -0.504 e. The van der Waals surface area contributed by atoms with E-state index >= 15 is 0 Å². The first-order chi connectivity index (χ1) is 12.2. The topological polar surface area (TPSA) is 46.5 Å². The molecule has 1 aromatic rings. The van der Waals surface area contributed by atoms with Gasteiger partial charge in [-0.15, -0.1) is 0 Å². The van der Waals surface area contributed by atoms with Crippen molar-refractivity contribution in [2.24, 2.45) is 0 Å². The first-order valence-corrected chi connectivity index (χ1v) is 10.0. The number of unbranched alkanes of at least 4 members (excludes halogenated alkanes) is 9. The summed E-state index contributed by atoms with van der Waals surface area (Å²) in [5.74, 6) is 0.953. The maximum Gasteiger partial charge on any atom is 0.160 e. The normalized spacial score (nSPS) is 10.8. The van der Waals surface area contributed by atoms with E-state index in [2.05, 4.69) is 6.92 Å². The Balaban J connectivity index is 2.02. The first kappa shape index (κ1) is 21.5. The predicted molar refractivity (Wildman–Crippen MR) is 104 cm³/mol. The van der Waals surface area contributed by atoms with Crippen molar-refractivity contribution >= 4 is 5.78 Å². The summed E-state index contributed by atoms with van der Waals surface area (Å²) >= 11 is 0. The summed E-state index contributed by atoms with van der Waals surface area (Å²) in [6.07, 6.45) is 14.9. The van der Waals surface area contributed by atoms with Crippen LogP contribution in [0.2, 0.25) is 0 Å². The molecule has 25 heavy (non-hydrogen) atoms. The van der Waals surface area contributed by atoms with Crippen molar-refractivity contribution in [3.8, 4) is 11.5 Å². The maximum absolute atomic E-state index is 12.0. The summed E-state index contributed by atoms with van der Waals surface area (Å²) in [7, 11) is 1.54. The lowest BCUT2D eigenvalue weighted by Crippen LogP contribution is -2.00. The Kier molecular flexibility index (Phi) is 11.8. The van der Waals surface area contributed by atoms with Gasteiger partial charge in [0, 0.05) is 12.8 Å². The number of methoxy groups -OCH3 is 1. The van der Waals surface area contributed by atoms with Crippen molar-refractivity contribution in [3.63, 3.8) is 0 Å². The number of ketones is 1. The standard InChI is InChI=1S/C22H36O3/c1-3-4-5-6-7-8-9-10-11-12-13-20(23)16-14-19-15-17-21(24)22(18-19)25-2/h15,17-18,24H,3-14,16H2,1-2H3. The third-order valence-corrected chi connectivity index (χ3v) is 4.75. The molecule has 142 valence electrons. The van der Waals surface area contributed by atoms with Crippen molar-refractivity contribution in [2.75, 3.05) is 7.11 Å². The second kappa shape index (κ2) is 13.7. The highest BCUT2D eigenvalue weighted by Gasteiger charge is 2.06. The zero-order valence-corrected chi connectivity index (χ0v) is 16.2. The number of phenols is 1. The molecule has 0 spiro atoms. The number of phenolic OH excluding ortho intramolecular Hbond substituents is 1. The van der Waals surface area contributed by atoms with E-state index < -0.39 is 0 Å². The van der Waals surface area contributed by atoms with Gasteiger partial charge >= 0.3 is 0 Å². The van der Waals surface area contributed by atoms with Crippen molar-refractivity contribution in [2.45, 2.75) is 90.4 Å². The Morgan fingerprint density at radius 2 is 1.52 bits per heavy atom. The lowest BCUT2D eigenvalue weighted by atomic mass is 10.0. The summed E-state index contributed by atoms with van der Waals surface area (Å²) in [6, 6.07) is 5.29. The number of benzene rings is 1. The second-order valence-corrected chi connectivity index (χ2v) is 6.98. The molecule has 0 aliphatic heterocycles. The van der Waals surface area contributed by atoms with Crippen LogP contribution in [-0.4, -0.2) is 18.0 Å². The third kappa shape index (κ3) is 10.2. The van der Waals surface area contributed by atoms with Gasteiger partial charge < -0.3 is 9.84 Å². The van der Waals surface area contributed by atoms with Gasteiger partial charge in [-0.1, -0.05) is 70.8 Å². The SMILES string of the molecule is CCCCCCCCCCCCC(=O)CCc1ccc(O)c(OC)c1. The minimum atomic E-state index is 0.142. The van der Waals surface area contributed by atoms with Crippen LogP contribution in [-0.2, 0) is 11.2 Å². The molecule has 0 radical (unpaired) electrons. The number of carbonyl (C=O) groups is 1. The van der Waals surface area contributed by atoms with Gasteiger partial charge in [-0.05, 0) is 30.5 Å². The highest BCUT2D eigenvalue weighted by atomic mass is 16.5. The van der Waals surface area contributed by atoms with E-state index in [9.17, 15) is 9.90 Å². The van der Waals surface area contributed by atoms with E-state index in [0.29, 0.717) is 30.8 Å². The monoisotopic (exact) mass is 348 g/mol. The molecular formula is C22H36O3. The first-order valence-electron chi connectivity index (χ1n) is 10.0. The Morgan fingerprint density at radius 3 is 2.12 bits per heavy atom. The zero-order chi connectivity index (χ0) is 18.3. The Bertz CT molecular complexity index is 482. The average molecular weight is 349 g/mol. The van der Waals surface area contributed by atoms with Crippen LogP contribution in [0.4, 0.5) is 0 Å². The van der Waals surface area contributed by atoms with Gasteiger partial charge in [0.1, 0.15) is 5.78 Å². The predicted octanol–water partition coefficient (Wildman–Crippen LogP) is 6.21. The van der Waals surface area contributed by atoms with Crippen LogP contribution >= 0.6 is 0 Å². The van der Waals surface area contributed by atoms with Crippen LogP contribution in [0.5, 0.6) is 11.5 Å². The fourth-order valence-electron chi connectivity index (χ4n) is 3.10. The molecule has 3 heteroatoms. The van der Waals surface area contributed by atoms with Crippen LogP contribution in [0.3, 0.4) is 0 Å². The van der Waals surface area contributed by atoms with Crippen molar-refractivity contribution < 1.29 is 14.6 Å². The Hall–Kier alpha value is -1.51. The average Bonchev–Trinajstić information content (AvgIpc) is 2.62. The van der Waals surface area contributed by atoms with E-state index in [-0.39, 0.29) is 5.75 Å². The zero-order valence-electron chi connectivity index (χ0n) is 16.2. The molecule has 0 saturated carbocycles. The second-order valence-electron chi connectivity index (χ2n) is 6.98. The third-order valence-electron chi connectivity index (χ3n) is 4.75. The van der Waals surface area contributed by atoms with Crippen LogP contribution in [0.1, 0.15) is 89.5 Å². The smallest absolute Gasteiger partial charge is 0.160 e. The molecule has 0 amide bonds. The number of hydrogen-bond acceptors (Lipinski definition) is 3. The molecule has 0 fully saturated rings. The highest BCUT2D eigenvalue weighted by molar-refractivity contribution is 5.78. The molecule has 0 bridgehead atoms. The Morgan fingerprint density at radius 1 is 0.920 bits per heavy atom. The number of ether oxygens (including phenoxy) is 1. The molecule has 0 aliphatic rings. The lowest BCUT2D eigenvalue weighted by Gasteiger charge is -2.06. The van der Waals surface area contributed by atoms with Crippen molar-refractivity contribution in [1.82, 2.24) is 0 Å². The number of carbonyl (C=O) groups excluding carboxylic acids is 1. The summed E-state index contributed by atoms with van der Waals surface area (Å²) in [6.45, 7) is 2.25. The quantitative estimate of drug-likeness (QED) is 0.383. The lowest BCUT2D eigenvalue weighted by molar-refractivity contribution is -0.119.